The van der Waals surface area contributed by atoms with Crippen molar-refractivity contribution in [3.8, 4) is 6.07 Å². The van der Waals surface area contributed by atoms with Gasteiger partial charge < -0.3 is 0 Å². The van der Waals surface area contributed by atoms with E-state index in [1.54, 1.807) is 11.0 Å². The van der Waals surface area contributed by atoms with Crippen molar-refractivity contribution in [2.45, 2.75) is 70.1 Å². The molecule has 0 fully saturated rings. The van der Waals surface area contributed by atoms with Crippen LogP contribution in [0.15, 0.2) is 29.5 Å². The van der Waals surface area contributed by atoms with Gasteiger partial charge in [-0.05, 0) is 56.2 Å². The number of hydrogen-bond acceptors (Lipinski definition) is 4. The third-order valence-electron chi connectivity index (χ3n) is 6.99. The SMILES string of the molecule is N#Cc1c(N2C(=O)C[C@@H](c3c(F)cccc3Cl)C3=C2CCCC3=O)sc2c1CCCCCC2. The van der Waals surface area contributed by atoms with E-state index in [1.165, 1.54) is 34.8 Å². The van der Waals surface area contributed by atoms with Gasteiger partial charge in [-0.15, -0.1) is 11.3 Å². The van der Waals surface area contributed by atoms with Gasteiger partial charge in [-0.3, -0.25) is 14.5 Å². The molecule has 1 amide bonds. The maximum Gasteiger partial charge on any atom is 0.232 e. The van der Waals surface area contributed by atoms with E-state index in [9.17, 15) is 19.2 Å². The van der Waals surface area contributed by atoms with Crippen LogP contribution in [-0.4, -0.2) is 11.7 Å². The second kappa shape index (κ2) is 9.04. The number of ketones is 1. The zero-order valence-corrected chi connectivity index (χ0v) is 19.8. The molecule has 2 heterocycles. The van der Waals surface area contributed by atoms with Crippen LogP contribution in [0.2, 0.25) is 5.02 Å². The summed E-state index contributed by atoms with van der Waals surface area (Å²) in [6, 6.07) is 6.80. The molecule has 3 aliphatic rings. The minimum atomic E-state index is -0.697. The monoisotopic (exact) mass is 482 g/mol. The van der Waals surface area contributed by atoms with Gasteiger partial charge in [0.2, 0.25) is 5.91 Å². The van der Waals surface area contributed by atoms with Crippen LogP contribution in [0, 0.1) is 17.1 Å². The van der Waals surface area contributed by atoms with Gasteiger partial charge in [0.05, 0.1) is 5.56 Å². The van der Waals surface area contributed by atoms with E-state index >= 15 is 0 Å². The predicted octanol–water partition coefficient (Wildman–Crippen LogP) is 6.60. The summed E-state index contributed by atoms with van der Waals surface area (Å²) in [5.74, 6) is -1.47. The summed E-state index contributed by atoms with van der Waals surface area (Å²) in [5, 5.41) is 10.9. The molecule has 2 aromatic rings. The largest absolute Gasteiger partial charge is 0.294 e. The lowest BCUT2D eigenvalue weighted by Crippen LogP contribution is -2.40. The Bertz CT molecular complexity index is 1210. The summed E-state index contributed by atoms with van der Waals surface area (Å²) >= 11 is 7.87. The van der Waals surface area contributed by atoms with E-state index in [2.05, 4.69) is 6.07 Å². The van der Waals surface area contributed by atoms with Crippen LogP contribution in [0.4, 0.5) is 9.39 Å². The summed E-state index contributed by atoms with van der Waals surface area (Å²) in [4.78, 5) is 29.5. The van der Waals surface area contributed by atoms with Gasteiger partial charge in [0.15, 0.2) is 5.78 Å². The van der Waals surface area contributed by atoms with Gasteiger partial charge in [0.1, 0.15) is 16.9 Å². The molecule has 0 spiro atoms. The highest BCUT2D eigenvalue weighted by Crippen LogP contribution is 2.49. The molecular formula is C26H24ClFN2O2S. The van der Waals surface area contributed by atoms with Crippen LogP contribution in [0.25, 0.3) is 0 Å². The number of Topliss-reactive ketones (excluding diaryl/α,β-unsaturated/α-hetero) is 1. The van der Waals surface area contributed by atoms with Crippen molar-refractivity contribution in [2.75, 3.05) is 4.90 Å². The number of carbonyl (C=O) groups excluding carboxylic acids is 2. The van der Waals surface area contributed by atoms with Crippen LogP contribution in [-0.2, 0) is 22.4 Å². The number of hydrogen-bond donors (Lipinski definition) is 0. The number of rotatable bonds is 2. The number of carbonyl (C=O) groups is 2. The molecule has 1 aromatic heterocycles. The van der Waals surface area contributed by atoms with Crippen LogP contribution in [0.1, 0.15) is 78.9 Å². The smallest absolute Gasteiger partial charge is 0.232 e. The van der Waals surface area contributed by atoms with Gasteiger partial charge >= 0.3 is 0 Å². The minimum absolute atomic E-state index is 0.0430. The van der Waals surface area contributed by atoms with Gasteiger partial charge in [-0.1, -0.05) is 30.5 Å². The number of allylic oxidation sites excluding steroid dienone is 2. The number of nitriles is 1. The van der Waals surface area contributed by atoms with E-state index in [0.717, 1.165) is 37.7 Å². The fourth-order valence-electron chi connectivity index (χ4n) is 5.50. The zero-order chi connectivity index (χ0) is 23.1. The van der Waals surface area contributed by atoms with E-state index in [0.29, 0.717) is 41.1 Å². The van der Waals surface area contributed by atoms with Crippen molar-refractivity contribution in [2.24, 2.45) is 0 Å². The highest BCUT2D eigenvalue weighted by Gasteiger charge is 2.42. The van der Waals surface area contributed by atoms with Crippen LogP contribution >= 0.6 is 22.9 Å². The minimum Gasteiger partial charge on any atom is -0.294 e. The number of amides is 1. The molecule has 0 unspecified atom stereocenters. The zero-order valence-electron chi connectivity index (χ0n) is 18.3. The molecule has 170 valence electrons. The van der Waals surface area contributed by atoms with Gasteiger partial charge in [0, 0.05) is 45.5 Å². The second-order valence-corrected chi connectivity index (χ2v) is 10.5. The first-order valence-electron chi connectivity index (χ1n) is 11.6. The number of fused-ring (bicyclic) bond motifs is 1. The average Bonchev–Trinajstić information content (AvgIpc) is 3.09. The third-order valence-corrected chi connectivity index (χ3v) is 8.60. The molecule has 5 rings (SSSR count). The molecular weight excluding hydrogens is 459 g/mol. The summed E-state index contributed by atoms with van der Waals surface area (Å²) in [7, 11) is 0. The maximum atomic E-state index is 14.8. The van der Waals surface area contributed by atoms with Crippen LogP contribution in [0.3, 0.4) is 0 Å². The average molecular weight is 483 g/mol. The Hall–Kier alpha value is -2.49. The Labute approximate surface area is 201 Å². The summed E-state index contributed by atoms with van der Waals surface area (Å²) in [6.45, 7) is 0. The number of halogens is 2. The van der Waals surface area contributed by atoms with Crippen molar-refractivity contribution < 1.29 is 14.0 Å². The van der Waals surface area contributed by atoms with Gasteiger partial charge in [0.25, 0.3) is 0 Å². The predicted molar refractivity (Wildman–Crippen MR) is 127 cm³/mol. The Morgan fingerprint density at radius 1 is 1.06 bits per heavy atom. The van der Waals surface area contributed by atoms with Crippen LogP contribution < -0.4 is 4.90 Å². The molecule has 1 aromatic carbocycles. The first-order chi connectivity index (χ1) is 16.0. The van der Waals surface area contributed by atoms with Crippen molar-refractivity contribution >= 4 is 39.6 Å². The lowest BCUT2D eigenvalue weighted by Gasteiger charge is -2.38. The summed E-state index contributed by atoms with van der Waals surface area (Å²) in [6.07, 6.45) is 7.68. The molecule has 0 N–H and O–H groups in total. The fourth-order valence-corrected chi connectivity index (χ4v) is 7.17. The first-order valence-corrected chi connectivity index (χ1v) is 12.8. The number of thiophene rings is 1. The fraction of sp³-hybridized carbons (Fsp3) is 0.423. The molecule has 1 aliphatic heterocycles. The molecule has 1 atom stereocenters. The Balaban J connectivity index is 1.68. The van der Waals surface area contributed by atoms with Crippen LogP contribution in [0.5, 0.6) is 0 Å². The number of benzene rings is 1. The normalized spacial score (nSPS) is 21.2. The second-order valence-electron chi connectivity index (χ2n) is 8.97. The maximum absolute atomic E-state index is 14.8. The summed E-state index contributed by atoms with van der Waals surface area (Å²) in [5.41, 5.74) is 2.95. The quantitative estimate of drug-likeness (QED) is 0.484. The van der Waals surface area contributed by atoms with Gasteiger partial charge in [-0.25, -0.2) is 4.39 Å². The number of nitrogens with zero attached hydrogens (tertiary/aromatic N) is 2. The van der Waals surface area contributed by atoms with Crippen molar-refractivity contribution in [1.82, 2.24) is 0 Å². The lowest BCUT2D eigenvalue weighted by molar-refractivity contribution is -0.119. The Morgan fingerprint density at radius 2 is 1.85 bits per heavy atom. The Kier molecular flexibility index (Phi) is 6.11. The van der Waals surface area contributed by atoms with E-state index < -0.39 is 11.7 Å². The molecule has 2 aliphatic carbocycles. The molecule has 0 saturated heterocycles. The standard InChI is InChI=1S/C26H24ClFN2O2S/c27-18-8-5-9-19(28)24(18)16-13-23(32)30(20-10-6-11-21(31)25(16)20)26-17(14-29)15-7-3-1-2-4-12-22(15)33-26/h5,8-9,16H,1-4,6-7,10-13H2/t16-/m0/s1. The molecule has 33 heavy (non-hydrogen) atoms. The topological polar surface area (TPSA) is 61.2 Å². The Morgan fingerprint density at radius 3 is 2.61 bits per heavy atom. The van der Waals surface area contributed by atoms with Crippen molar-refractivity contribution in [3.05, 3.63) is 61.9 Å². The molecule has 4 nitrogen and oxygen atoms in total. The van der Waals surface area contributed by atoms with E-state index in [1.807, 2.05) is 0 Å². The first kappa shape index (κ1) is 22.3. The molecule has 0 bridgehead atoms. The number of aryl methyl sites for hydroxylation is 1. The molecule has 7 heteroatoms. The molecule has 0 radical (unpaired) electrons. The van der Waals surface area contributed by atoms with Crippen molar-refractivity contribution in [1.29, 1.82) is 5.26 Å². The lowest BCUT2D eigenvalue weighted by atomic mass is 9.77. The third kappa shape index (κ3) is 3.82. The highest BCUT2D eigenvalue weighted by molar-refractivity contribution is 7.16. The highest BCUT2D eigenvalue weighted by atomic mass is 35.5. The van der Waals surface area contributed by atoms with Crippen molar-refractivity contribution in [3.63, 3.8) is 0 Å². The number of anilines is 1. The van der Waals surface area contributed by atoms with E-state index in [-0.39, 0.29) is 28.7 Å². The molecule has 0 saturated carbocycles. The van der Waals surface area contributed by atoms with Gasteiger partial charge in [-0.2, -0.15) is 5.26 Å². The summed E-state index contributed by atoms with van der Waals surface area (Å²) < 4.78 is 14.8. The van der Waals surface area contributed by atoms with E-state index in [4.69, 9.17) is 11.6 Å².